The highest BCUT2D eigenvalue weighted by molar-refractivity contribution is 7.25. The fraction of sp³-hybridized carbons (Fsp3) is 0. The van der Waals surface area contributed by atoms with Crippen molar-refractivity contribution < 1.29 is 4.42 Å². The van der Waals surface area contributed by atoms with Crippen LogP contribution in [0.3, 0.4) is 0 Å². The molecule has 0 bridgehead atoms. The maximum Gasteiger partial charge on any atom is 0.167 e. The van der Waals surface area contributed by atoms with Crippen LogP contribution in [0.1, 0.15) is 0 Å². The van der Waals surface area contributed by atoms with E-state index >= 15 is 0 Å². The van der Waals surface area contributed by atoms with E-state index in [9.17, 15) is 0 Å². The van der Waals surface area contributed by atoms with Gasteiger partial charge in [-0.3, -0.25) is 0 Å². The summed E-state index contributed by atoms with van der Waals surface area (Å²) in [7, 11) is 0. The van der Waals surface area contributed by atoms with Gasteiger partial charge < -0.3 is 8.98 Å². The monoisotopic (exact) mass is 822 g/mol. The van der Waals surface area contributed by atoms with Crippen LogP contribution in [-0.2, 0) is 0 Å². The summed E-state index contributed by atoms with van der Waals surface area (Å²) in [5.74, 6) is 1.73. The zero-order chi connectivity index (χ0) is 41.4. The second-order valence-corrected chi connectivity index (χ2v) is 17.1. The maximum atomic E-state index is 7.04. The third kappa shape index (κ3) is 5.87. The van der Waals surface area contributed by atoms with Crippen LogP contribution in [0.25, 0.3) is 126 Å². The quantitative estimate of drug-likeness (QED) is 0.168. The molecular formula is C57H34N4OS. The van der Waals surface area contributed by atoms with E-state index in [-0.39, 0.29) is 0 Å². The summed E-state index contributed by atoms with van der Waals surface area (Å²) >= 11 is 1.80. The van der Waals surface area contributed by atoms with Gasteiger partial charge in [0.25, 0.3) is 0 Å². The minimum Gasteiger partial charge on any atom is -0.455 e. The van der Waals surface area contributed by atoms with Gasteiger partial charge in [0, 0.05) is 58.5 Å². The van der Waals surface area contributed by atoms with Gasteiger partial charge >= 0.3 is 0 Å². The molecule has 0 amide bonds. The first-order valence-corrected chi connectivity index (χ1v) is 21.9. The zero-order valence-corrected chi connectivity index (χ0v) is 34.6. The Hall–Kier alpha value is -8.19. The number of nitrogens with zero attached hydrogens (tertiary/aromatic N) is 4. The average molecular weight is 823 g/mol. The number of thiophene rings is 1. The molecule has 0 spiro atoms. The van der Waals surface area contributed by atoms with Gasteiger partial charge in [-0.2, -0.15) is 0 Å². The van der Waals surface area contributed by atoms with E-state index in [1.807, 2.05) is 18.2 Å². The van der Waals surface area contributed by atoms with Crippen molar-refractivity contribution in [2.24, 2.45) is 0 Å². The van der Waals surface area contributed by atoms with Crippen LogP contribution in [0.15, 0.2) is 211 Å². The third-order valence-corrected chi connectivity index (χ3v) is 13.4. The molecule has 0 aliphatic rings. The Morgan fingerprint density at radius 1 is 0.349 bits per heavy atom. The van der Waals surface area contributed by atoms with Gasteiger partial charge in [0.05, 0.1) is 16.6 Å². The number of furan rings is 1. The predicted molar refractivity (Wildman–Crippen MR) is 262 cm³/mol. The number of hydrogen-bond acceptors (Lipinski definition) is 5. The molecule has 63 heavy (non-hydrogen) atoms. The fourth-order valence-corrected chi connectivity index (χ4v) is 10.3. The molecule has 0 atom stereocenters. The van der Waals surface area contributed by atoms with Crippen LogP contribution in [-0.4, -0.2) is 19.5 Å². The molecule has 0 fully saturated rings. The van der Waals surface area contributed by atoms with Crippen LogP contribution in [0.4, 0.5) is 0 Å². The SMILES string of the molecule is c1ccc(-c2cccc(-c3ccc4c(c3)oc3c(-c5nc(-c6ccccc6)nc(-c6ccc7sc8ccccc8c7c6)n5)cc(-n5c6ccccc6c6ccccc65)cc34)c2)cc1. The number of fused-ring (bicyclic) bond motifs is 9. The number of rotatable bonds is 6. The van der Waals surface area contributed by atoms with E-state index in [1.54, 1.807) is 11.3 Å². The van der Waals surface area contributed by atoms with Gasteiger partial charge in [-0.25, -0.2) is 15.0 Å². The van der Waals surface area contributed by atoms with Gasteiger partial charge in [0.15, 0.2) is 17.5 Å². The predicted octanol–water partition coefficient (Wildman–Crippen LogP) is 15.6. The van der Waals surface area contributed by atoms with Crippen molar-refractivity contribution in [1.29, 1.82) is 0 Å². The number of aromatic nitrogens is 4. The Labute approximate surface area is 365 Å². The van der Waals surface area contributed by atoms with Crippen LogP contribution >= 0.6 is 11.3 Å². The Morgan fingerprint density at radius 2 is 0.921 bits per heavy atom. The average Bonchev–Trinajstić information content (AvgIpc) is 4.03. The second kappa shape index (κ2) is 14.2. The molecular weight excluding hydrogens is 789 g/mol. The molecule has 0 saturated carbocycles. The van der Waals surface area contributed by atoms with E-state index in [4.69, 9.17) is 19.4 Å². The smallest absolute Gasteiger partial charge is 0.167 e. The van der Waals surface area contributed by atoms with Crippen molar-refractivity contribution in [2.45, 2.75) is 0 Å². The molecule has 0 aliphatic carbocycles. The number of hydrogen-bond donors (Lipinski definition) is 0. The molecule has 0 saturated heterocycles. The molecule has 294 valence electrons. The van der Waals surface area contributed by atoms with Crippen molar-refractivity contribution >= 4 is 75.3 Å². The molecule has 0 aliphatic heterocycles. The van der Waals surface area contributed by atoms with Crippen molar-refractivity contribution in [3.8, 4) is 62.1 Å². The van der Waals surface area contributed by atoms with Crippen LogP contribution in [0.5, 0.6) is 0 Å². The molecule has 0 N–H and O–H groups in total. The molecule has 9 aromatic carbocycles. The zero-order valence-electron chi connectivity index (χ0n) is 33.7. The minimum absolute atomic E-state index is 0.539. The highest BCUT2D eigenvalue weighted by Gasteiger charge is 2.22. The summed E-state index contributed by atoms with van der Waals surface area (Å²) in [5.41, 5.74) is 11.9. The van der Waals surface area contributed by atoms with E-state index in [0.29, 0.717) is 17.5 Å². The van der Waals surface area contributed by atoms with E-state index < -0.39 is 0 Å². The van der Waals surface area contributed by atoms with Gasteiger partial charge in [-0.1, -0.05) is 140 Å². The van der Waals surface area contributed by atoms with Gasteiger partial charge in [-0.15, -0.1) is 11.3 Å². The first kappa shape index (κ1) is 35.6. The molecule has 13 aromatic rings. The molecule has 5 nitrogen and oxygen atoms in total. The third-order valence-electron chi connectivity index (χ3n) is 12.2. The fourth-order valence-electron chi connectivity index (χ4n) is 9.25. The largest absolute Gasteiger partial charge is 0.455 e. The van der Waals surface area contributed by atoms with Gasteiger partial charge in [0.1, 0.15) is 11.2 Å². The molecule has 0 radical (unpaired) electrons. The van der Waals surface area contributed by atoms with Crippen molar-refractivity contribution in [3.63, 3.8) is 0 Å². The lowest BCUT2D eigenvalue weighted by Crippen LogP contribution is -2.01. The molecule has 6 heteroatoms. The first-order valence-electron chi connectivity index (χ1n) is 21.1. The van der Waals surface area contributed by atoms with Crippen LogP contribution < -0.4 is 0 Å². The molecule has 0 unspecified atom stereocenters. The van der Waals surface area contributed by atoms with Crippen LogP contribution in [0, 0.1) is 0 Å². The molecule has 4 heterocycles. The molecule has 4 aromatic heterocycles. The summed E-state index contributed by atoms with van der Waals surface area (Å²) in [6, 6.07) is 72.7. The number of para-hydroxylation sites is 2. The second-order valence-electron chi connectivity index (χ2n) is 16.0. The Bertz CT molecular complexity index is 3870. The lowest BCUT2D eigenvalue weighted by atomic mass is 9.98. The first-order chi connectivity index (χ1) is 31.2. The minimum atomic E-state index is 0.539. The summed E-state index contributed by atoms with van der Waals surface area (Å²) in [6.07, 6.45) is 0. The van der Waals surface area contributed by atoms with E-state index in [0.717, 1.165) is 66.5 Å². The van der Waals surface area contributed by atoms with Gasteiger partial charge in [0.2, 0.25) is 0 Å². The lowest BCUT2D eigenvalue weighted by molar-refractivity contribution is 0.669. The maximum absolute atomic E-state index is 7.04. The Kier molecular flexibility index (Phi) is 8.01. The summed E-state index contributed by atoms with van der Waals surface area (Å²) < 4.78 is 11.9. The number of benzene rings is 9. The van der Waals surface area contributed by atoms with E-state index in [2.05, 4.69) is 193 Å². The molecule has 13 rings (SSSR count). The normalized spacial score (nSPS) is 11.8. The Balaban J connectivity index is 1.07. The summed E-state index contributed by atoms with van der Waals surface area (Å²) in [6.45, 7) is 0. The highest BCUT2D eigenvalue weighted by Crippen LogP contribution is 2.42. The highest BCUT2D eigenvalue weighted by atomic mass is 32.1. The topological polar surface area (TPSA) is 56.7 Å². The standard InChI is InChI=1S/C57H34N4OS/c1-3-14-35(15-4-1)37-18-13-19-38(30-37)39-26-28-44-47-33-41(61-49-23-10-7-20-42(49)43-21-8-11-24-50(43)61)34-48(54(47)62-51(44)32-39)57-59-55(36-16-5-2-6-17-36)58-56(60-57)40-27-29-53-46(31-40)45-22-9-12-25-52(45)63-53/h1-34H. The summed E-state index contributed by atoms with van der Waals surface area (Å²) in [5, 5.41) is 6.81. The van der Waals surface area contributed by atoms with Crippen LogP contribution in [0.2, 0.25) is 0 Å². The van der Waals surface area contributed by atoms with E-state index in [1.165, 1.54) is 42.1 Å². The van der Waals surface area contributed by atoms with Gasteiger partial charge in [-0.05, 0) is 89.0 Å². The van der Waals surface area contributed by atoms with Crippen molar-refractivity contribution in [1.82, 2.24) is 19.5 Å². The van der Waals surface area contributed by atoms with Crippen molar-refractivity contribution in [2.75, 3.05) is 0 Å². The summed E-state index contributed by atoms with van der Waals surface area (Å²) in [4.78, 5) is 15.8. The lowest BCUT2D eigenvalue weighted by Gasteiger charge is -2.12. The van der Waals surface area contributed by atoms with Crippen molar-refractivity contribution in [3.05, 3.63) is 206 Å². The Morgan fingerprint density at radius 3 is 1.68 bits per heavy atom.